The highest BCUT2D eigenvalue weighted by molar-refractivity contribution is 5.76. The smallest absolute Gasteiger partial charge is 0.223 e. The summed E-state index contributed by atoms with van der Waals surface area (Å²) in [6.45, 7) is 7.81. The van der Waals surface area contributed by atoms with Gasteiger partial charge in [0.05, 0.1) is 0 Å². The first-order valence-electron chi connectivity index (χ1n) is 8.02. The van der Waals surface area contributed by atoms with Crippen LogP contribution in [0.3, 0.4) is 0 Å². The third-order valence-corrected chi connectivity index (χ3v) is 3.58. The Bertz CT molecular complexity index is 388. The van der Waals surface area contributed by atoms with E-state index in [9.17, 15) is 4.79 Å². The maximum Gasteiger partial charge on any atom is 0.223 e. The van der Waals surface area contributed by atoms with E-state index in [0.29, 0.717) is 6.42 Å². The third kappa shape index (κ3) is 7.23. The van der Waals surface area contributed by atoms with Crippen molar-refractivity contribution in [1.82, 2.24) is 14.8 Å². The Morgan fingerprint density at radius 1 is 1.05 bits per heavy atom. The Labute approximate surface area is 129 Å². The molecular weight excluding hydrogens is 262 g/mol. The number of hydrogen-bond acceptors (Lipinski definition) is 3. The molecule has 0 radical (unpaired) electrons. The maximum atomic E-state index is 12.2. The van der Waals surface area contributed by atoms with Crippen LogP contribution in [0, 0.1) is 0 Å². The van der Waals surface area contributed by atoms with Gasteiger partial charge < -0.3 is 9.80 Å². The summed E-state index contributed by atoms with van der Waals surface area (Å²) in [5, 5.41) is 0. The van der Waals surface area contributed by atoms with Gasteiger partial charge in [0, 0.05) is 45.0 Å². The van der Waals surface area contributed by atoms with E-state index in [2.05, 4.69) is 30.8 Å². The van der Waals surface area contributed by atoms with Gasteiger partial charge in [-0.2, -0.15) is 0 Å². The molecule has 0 unspecified atom stereocenters. The van der Waals surface area contributed by atoms with Crippen LogP contribution in [-0.4, -0.2) is 53.9 Å². The lowest BCUT2D eigenvalue weighted by atomic mass is 10.2. The first-order valence-corrected chi connectivity index (χ1v) is 8.02. The zero-order valence-electron chi connectivity index (χ0n) is 13.7. The molecule has 0 aliphatic carbocycles. The third-order valence-electron chi connectivity index (χ3n) is 3.58. The Kier molecular flexibility index (Phi) is 8.67. The first kappa shape index (κ1) is 17.6. The summed E-state index contributed by atoms with van der Waals surface area (Å²) in [6.07, 6.45) is 7.33. The lowest BCUT2D eigenvalue weighted by Crippen LogP contribution is -2.35. The van der Waals surface area contributed by atoms with Gasteiger partial charge in [-0.05, 0) is 44.0 Å². The van der Waals surface area contributed by atoms with Gasteiger partial charge >= 0.3 is 0 Å². The predicted octanol–water partition coefficient (Wildman–Crippen LogP) is 2.59. The summed E-state index contributed by atoms with van der Waals surface area (Å²) in [7, 11) is 2.08. The first-order chi connectivity index (χ1) is 10.2. The molecule has 4 heteroatoms. The van der Waals surface area contributed by atoms with Crippen LogP contribution in [0.15, 0.2) is 24.5 Å². The summed E-state index contributed by atoms with van der Waals surface area (Å²) in [5.41, 5.74) is 1.29. The molecule has 4 nitrogen and oxygen atoms in total. The molecule has 0 spiro atoms. The minimum atomic E-state index is 0.287. The van der Waals surface area contributed by atoms with Gasteiger partial charge in [0.2, 0.25) is 5.91 Å². The number of carbonyl (C=O) groups is 1. The number of nitrogens with zero attached hydrogens (tertiary/aromatic N) is 3. The lowest BCUT2D eigenvalue weighted by Gasteiger charge is -2.23. The van der Waals surface area contributed by atoms with Crippen molar-refractivity contribution in [1.29, 1.82) is 0 Å². The van der Waals surface area contributed by atoms with Gasteiger partial charge in [-0.25, -0.2) is 0 Å². The summed E-state index contributed by atoms with van der Waals surface area (Å²) in [5.74, 6) is 0.287. The normalized spacial score (nSPS) is 10.9. The van der Waals surface area contributed by atoms with Gasteiger partial charge in [0.25, 0.3) is 0 Å². The Balaban J connectivity index is 2.27. The molecule has 0 atom stereocenters. The van der Waals surface area contributed by atoms with E-state index in [-0.39, 0.29) is 5.91 Å². The molecule has 0 bridgehead atoms. The van der Waals surface area contributed by atoms with Gasteiger partial charge in [-0.15, -0.1) is 0 Å². The van der Waals surface area contributed by atoms with Crippen LogP contribution in [0.1, 0.15) is 38.7 Å². The molecule has 0 aliphatic heterocycles. The Morgan fingerprint density at radius 2 is 1.67 bits per heavy atom. The molecule has 1 rings (SSSR count). The van der Waals surface area contributed by atoms with Gasteiger partial charge in [0.1, 0.15) is 0 Å². The highest BCUT2D eigenvalue weighted by Gasteiger charge is 2.12. The molecular formula is C17H29N3O. The standard InChI is InChI=1S/C17H29N3O/c1-4-12-20(13-5-2)17(21)9-15-19(3)14-8-16-6-10-18-11-7-16/h6-7,10-11H,4-5,8-9,12-15H2,1-3H3. The number of aromatic nitrogens is 1. The molecule has 0 aliphatic rings. The number of pyridine rings is 1. The van der Waals surface area contributed by atoms with Gasteiger partial charge in [0.15, 0.2) is 0 Å². The summed E-state index contributed by atoms with van der Waals surface area (Å²) in [4.78, 5) is 20.4. The average Bonchev–Trinajstić information content (AvgIpc) is 2.51. The highest BCUT2D eigenvalue weighted by atomic mass is 16.2. The molecule has 0 fully saturated rings. The number of likely N-dealkylation sites (N-methyl/N-ethyl adjacent to an activating group) is 1. The van der Waals surface area contributed by atoms with E-state index in [1.54, 1.807) is 0 Å². The molecule has 0 aromatic carbocycles. The molecule has 1 amide bonds. The van der Waals surface area contributed by atoms with Crippen molar-refractivity contribution >= 4 is 5.91 Å². The zero-order valence-corrected chi connectivity index (χ0v) is 13.7. The van der Waals surface area contributed by atoms with E-state index in [4.69, 9.17) is 0 Å². The fraction of sp³-hybridized carbons (Fsp3) is 0.647. The largest absolute Gasteiger partial charge is 0.343 e. The van der Waals surface area contributed by atoms with Crippen LogP contribution >= 0.6 is 0 Å². The van der Waals surface area contributed by atoms with Crippen LogP contribution < -0.4 is 0 Å². The molecule has 1 aromatic rings. The van der Waals surface area contributed by atoms with Crippen molar-refractivity contribution in [2.45, 2.75) is 39.5 Å². The zero-order chi connectivity index (χ0) is 15.5. The molecule has 118 valence electrons. The van der Waals surface area contributed by atoms with Crippen molar-refractivity contribution in [3.63, 3.8) is 0 Å². The molecule has 1 heterocycles. The Hall–Kier alpha value is -1.42. The fourth-order valence-corrected chi connectivity index (χ4v) is 2.33. The number of carbonyl (C=O) groups excluding carboxylic acids is 1. The van der Waals surface area contributed by atoms with E-state index in [1.807, 2.05) is 29.4 Å². The van der Waals surface area contributed by atoms with E-state index in [1.165, 1.54) is 5.56 Å². The van der Waals surface area contributed by atoms with Gasteiger partial charge in [-0.1, -0.05) is 13.8 Å². The van der Waals surface area contributed by atoms with E-state index in [0.717, 1.165) is 45.4 Å². The molecule has 0 saturated carbocycles. The van der Waals surface area contributed by atoms with Gasteiger partial charge in [-0.3, -0.25) is 9.78 Å². The number of hydrogen-bond donors (Lipinski definition) is 0. The quantitative estimate of drug-likeness (QED) is 0.665. The number of amides is 1. The SMILES string of the molecule is CCCN(CCC)C(=O)CCN(C)CCc1ccncc1. The van der Waals surface area contributed by atoms with E-state index < -0.39 is 0 Å². The predicted molar refractivity (Wildman–Crippen MR) is 87.2 cm³/mol. The maximum absolute atomic E-state index is 12.2. The minimum Gasteiger partial charge on any atom is -0.343 e. The van der Waals surface area contributed by atoms with Crippen molar-refractivity contribution in [3.8, 4) is 0 Å². The second kappa shape index (κ2) is 10.3. The lowest BCUT2D eigenvalue weighted by molar-refractivity contribution is -0.131. The average molecular weight is 291 g/mol. The summed E-state index contributed by atoms with van der Waals surface area (Å²) in [6, 6.07) is 4.09. The van der Waals surface area contributed by atoms with Crippen molar-refractivity contribution in [2.75, 3.05) is 33.2 Å². The molecule has 1 aromatic heterocycles. The highest BCUT2D eigenvalue weighted by Crippen LogP contribution is 2.02. The molecule has 0 N–H and O–H groups in total. The van der Waals surface area contributed by atoms with Crippen molar-refractivity contribution in [3.05, 3.63) is 30.1 Å². The molecule has 21 heavy (non-hydrogen) atoms. The monoisotopic (exact) mass is 291 g/mol. The molecule has 0 saturated heterocycles. The van der Waals surface area contributed by atoms with Crippen LogP contribution in [0.5, 0.6) is 0 Å². The second-order valence-electron chi connectivity index (χ2n) is 5.54. The fourth-order valence-electron chi connectivity index (χ4n) is 2.33. The topological polar surface area (TPSA) is 36.4 Å². The summed E-state index contributed by atoms with van der Waals surface area (Å²) < 4.78 is 0. The second-order valence-corrected chi connectivity index (χ2v) is 5.54. The van der Waals surface area contributed by atoms with E-state index >= 15 is 0 Å². The van der Waals surface area contributed by atoms with Crippen LogP contribution in [0.4, 0.5) is 0 Å². The van der Waals surface area contributed by atoms with Crippen LogP contribution in [-0.2, 0) is 11.2 Å². The summed E-state index contributed by atoms with van der Waals surface area (Å²) >= 11 is 0. The van der Waals surface area contributed by atoms with Crippen molar-refractivity contribution in [2.24, 2.45) is 0 Å². The minimum absolute atomic E-state index is 0.287. The number of rotatable bonds is 10. The van der Waals surface area contributed by atoms with Crippen molar-refractivity contribution < 1.29 is 4.79 Å². The van der Waals surface area contributed by atoms with Crippen LogP contribution in [0.25, 0.3) is 0 Å². The Morgan fingerprint density at radius 3 is 2.24 bits per heavy atom. The van der Waals surface area contributed by atoms with Crippen LogP contribution in [0.2, 0.25) is 0 Å².